The molecule has 1 N–H and O–H groups in total. The third-order valence-electron chi connectivity index (χ3n) is 5.14. The molecule has 0 saturated carbocycles. The van der Waals surface area contributed by atoms with Crippen LogP contribution in [0, 0.1) is 0 Å². The molecule has 0 aliphatic carbocycles. The molecule has 1 aliphatic heterocycles. The van der Waals surface area contributed by atoms with Gasteiger partial charge in [0.2, 0.25) is 0 Å². The van der Waals surface area contributed by atoms with Crippen molar-refractivity contribution >= 4 is 17.5 Å². The summed E-state index contributed by atoms with van der Waals surface area (Å²) < 4.78 is 16.8. The molecule has 31 heavy (non-hydrogen) atoms. The highest BCUT2D eigenvalue weighted by atomic mass is 35.5. The number of oxazole rings is 1. The van der Waals surface area contributed by atoms with E-state index in [-0.39, 0.29) is 18.6 Å². The number of hydrogen-bond acceptors (Lipinski definition) is 5. The van der Waals surface area contributed by atoms with E-state index in [0.29, 0.717) is 29.6 Å². The van der Waals surface area contributed by atoms with E-state index in [1.807, 2.05) is 48.5 Å². The molecule has 0 spiro atoms. The Bertz CT molecular complexity index is 980. The number of carbonyl (C=O) groups excluding carboxylic acids is 1. The van der Waals surface area contributed by atoms with Gasteiger partial charge in [0.05, 0.1) is 6.10 Å². The number of benzene rings is 2. The number of halogens is 1. The van der Waals surface area contributed by atoms with Crippen LogP contribution in [0.5, 0.6) is 5.75 Å². The monoisotopic (exact) mass is 440 g/mol. The maximum absolute atomic E-state index is 12.0. The van der Waals surface area contributed by atoms with E-state index < -0.39 is 0 Å². The molecule has 1 saturated heterocycles. The number of amides is 1. The minimum absolute atomic E-state index is 0.0265. The fraction of sp³-hybridized carbons (Fsp3) is 0.333. The van der Waals surface area contributed by atoms with Crippen LogP contribution in [-0.2, 0) is 16.0 Å². The van der Waals surface area contributed by atoms with Gasteiger partial charge in [0.15, 0.2) is 12.5 Å². The summed E-state index contributed by atoms with van der Waals surface area (Å²) in [4.78, 5) is 16.6. The van der Waals surface area contributed by atoms with E-state index >= 15 is 0 Å². The van der Waals surface area contributed by atoms with E-state index in [1.165, 1.54) is 0 Å². The van der Waals surface area contributed by atoms with Gasteiger partial charge in [0, 0.05) is 30.2 Å². The lowest BCUT2D eigenvalue weighted by atomic mass is 10.1. The lowest BCUT2D eigenvalue weighted by Crippen LogP contribution is -2.37. The Labute approximate surface area is 186 Å². The number of nitrogens with one attached hydrogen (secondary N) is 1. The fourth-order valence-corrected chi connectivity index (χ4v) is 3.55. The van der Waals surface area contributed by atoms with Crippen LogP contribution >= 0.6 is 11.6 Å². The molecule has 1 unspecified atom stereocenters. The second-order valence-corrected chi connectivity index (χ2v) is 7.97. The summed E-state index contributed by atoms with van der Waals surface area (Å²) in [6, 6.07) is 15.0. The van der Waals surface area contributed by atoms with Crippen molar-refractivity contribution in [1.29, 1.82) is 0 Å². The smallest absolute Gasteiger partial charge is 0.258 e. The van der Waals surface area contributed by atoms with Crippen molar-refractivity contribution in [3.8, 4) is 17.0 Å². The molecule has 3 aromatic rings. The van der Waals surface area contributed by atoms with Crippen molar-refractivity contribution in [2.75, 3.05) is 19.8 Å². The SMILES string of the molecule is O=C(COc1ccc(-c2coc(Cc3ccc(Cl)cc3)n2)cc1)NCC1CCCCO1. The fourth-order valence-electron chi connectivity index (χ4n) is 3.42. The topological polar surface area (TPSA) is 73.6 Å². The van der Waals surface area contributed by atoms with Gasteiger partial charge in [-0.25, -0.2) is 4.98 Å². The average Bonchev–Trinajstić information content (AvgIpc) is 3.27. The number of carbonyl (C=O) groups is 1. The van der Waals surface area contributed by atoms with Gasteiger partial charge in [0.25, 0.3) is 5.91 Å². The third kappa shape index (κ3) is 6.32. The second kappa shape index (κ2) is 10.5. The Kier molecular flexibility index (Phi) is 7.22. The Hall–Kier alpha value is -2.83. The number of ether oxygens (including phenoxy) is 2. The average molecular weight is 441 g/mol. The summed E-state index contributed by atoms with van der Waals surface area (Å²) in [6.07, 6.45) is 5.59. The molecule has 1 aliphatic rings. The summed E-state index contributed by atoms with van der Waals surface area (Å²) in [5.41, 5.74) is 2.74. The van der Waals surface area contributed by atoms with Gasteiger partial charge in [0.1, 0.15) is 17.7 Å². The molecule has 2 aromatic carbocycles. The Morgan fingerprint density at radius 3 is 2.68 bits per heavy atom. The normalized spacial score (nSPS) is 16.1. The minimum atomic E-state index is -0.151. The largest absolute Gasteiger partial charge is 0.484 e. The van der Waals surface area contributed by atoms with Crippen molar-refractivity contribution in [3.63, 3.8) is 0 Å². The van der Waals surface area contributed by atoms with Crippen molar-refractivity contribution in [2.45, 2.75) is 31.8 Å². The highest BCUT2D eigenvalue weighted by Crippen LogP contribution is 2.23. The molecule has 1 amide bonds. The van der Waals surface area contributed by atoms with Crippen LogP contribution < -0.4 is 10.1 Å². The molecule has 162 valence electrons. The highest BCUT2D eigenvalue weighted by molar-refractivity contribution is 6.30. The standard InChI is InChI=1S/C24H25ClN2O4/c25-19-8-4-17(5-9-19)13-24-27-22(15-31-24)18-6-10-20(11-7-18)30-16-23(28)26-14-21-3-1-2-12-29-21/h4-11,15,21H,1-3,12-14,16H2,(H,26,28). The summed E-state index contributed by atoms with van der Waals surface area (Å²) in [6.45, 7) is 1.28. The van der Waals surface area contributed by atoms with Gasteiger partial charge in [-0.1, -0.05) is 23.7 Å². The van der Waals surface area contributed by atoms with E-state index in [4.69, 9.17) is 25.5 Å². The van der Waals surface area contributed by atoms with Crippen LogP contribution in [0.15, 0.2) is 59.2 Å². The number of nitrogens with zero attached hydrogens (tertiary/aromatic N) is 1. The summed E-state index contributed by atoms with van der Waals surface area (Å²) in [5.74, 6) is 1.11. The third-order valence-corrected chi connectivity index (χ3v) is 5.39. The van der Waals surface area contributed by atoms with Crippen molar-refractivity contribution in [2.24, 2.45) is 0 Å². The first kappa shape index (κ1) is 21.4. The maximum Gasteiger partial charge on any atom is 0.258 e. The molecule has 1 atom stereocenters. The van der Waals surface area contributed by atoms with Gasteiger partial charge < -0.3 is 19.2 Å². The van der Waals surface area contributed by atoms with E-state index in [0.717, 1.165) is 42.7 Å². The predicted octanol–water partition coefficient (Wildman–Crippen LogP) is 4.65. The molecular formula is C24H25ClN2O4. The van der Waals surface area contributed by atoms with Crippen LogP contribution in [0.1, 0.15) is 30.7 Å². The molecular weight excluding hydrogens is 416 g/mol. The Balaban J connectivity index is 1.25. The summed E-state index contributed by atoms with van der Waals surface area (Å²) in [5, 5.41) is 3.57. The zero-order valence-corrected chi connectivity index (χ0v) is 17.9. The minimum Gasteiger partial charge on any atom is -0.484 e. The van der Waals surface area contributed by atoms with Gasteiger partial charge in [-0.3, -0.25) is 4.79 Å². The zero-order chi connectivity index (χ0) is 21.5. The van der Waals surface area contributed by atoms with Crippen molar-refractivity contribution in [3.05, 3.63) is 71.3 Å². The highest BCUT2D eigenvalue weighted by Gasteiger charge is 2.15. The molecule has 1 fully saturated rings. The predicted molar refractivity (Wildman–Crippen MR) is 118 cm³/mol. The van der Waals surface area contributed by atoms with E-state index in [2.05, 4.69) is 10.3 Å². The van der Waals surface area contributed by atoms with Gasteiger partial charge >= 0.3 is 0 Å². The molecule has 7 heteroatoms. The first-order valence-electron chi connectivity index (χ1n) is 10.5. The maximum atomic E-state index is 12.0. The van der Waals surface area contributed by atoms with Crippen LogP contribution in [0.3, 0.4) is 0 Å². The van der Waals surface area contributed by atoms with Crippen molar-refractivity contribution in [1.82, 2.24) is 10.3 Å². The molecule has 4 rings (SSSR count). The molecule has 0 bridgehead atoms. The molecule has 2 heterocycles. The quantitative estimate of drug-likeness (QED) is 0.552. The van der Waals surface area contributed by atoms with Crippen LogP contribution in [0.25, 0.3) is 11.3 Å². The second-order valence-electron chi connectivity index (χ2n) is 7.54. The van der Waals surface area contributed by atoms with Crippen molar-refractivity contribution < 1.29 is 18.7 Å². The number of aromatic nitrogens is 1. The van der Waals surface area contributed by atoms with E-state index in [9.17, 15) is 4.79 Å². The van der Waals surface area contributed by atoms with Crippen LogP contribution in [-0.4, -0.2) is 36.8 Å². The summed E-state index contributed by atoms with van der Waals surface area (Å²) in [7, 11) is 0. The van der Waals surface area contributed by atoms with E-state index in [1.54, 1.807) is 6.26 Å². The van der Waals surface area contributed by atoms with Crippen LogP contribution in [0.4, 0.5) is 0 Å². The Morgan fingerprint density at radius 2 is 1.94 bits per heavy atom. The number of hydrogen-bond donors (Lipinski definition) is 1. The first-order chi connectivity index (χ1) is 15.2. The summed E-state index contributed by atoms with van der Waals surface area (Å²) >= 11 is 5.92. The lowest BCUT2D eigenvalue weighted by Gasteiger charge is -2.22. The van der Waals surface area contributed by atoms with Crippen LogP contribution in [0.2, 0.25) is 5.02 Å². The Morgan fingerprint density at radius 1 is 1.13 bits per heavy atom. The zero-order valence-electron chi connectivity index (χ0n) is 17.2. The first-order valence-corrected chi connectivity index (χ1v) is 10.8. The van der Waals surface area contributed by atoms with Gasteiger partial charge in [-0.15, -0.1) is 0 Å². The number of rotatable bonds is 8. The van der Waals surface area contributed by atoms with Gasteiger partial charge in [-0.05, 0) is 61.2 Å². The molecule has 0 radical (unpaired) electrons. The molecule has 1 aromatic heterocycles. The van der Waals surface area contributed by atoms with Gasteiger partial charge in [-0.2, -0.15) is 0 Å². The lowest BCUT2D eigenvalue weighted by molar-refractivity contribution is -0.124. The molecule has 6 nitrogen and oxygen atoms in total.